The maximum absolute atomic E-state index is 12.0. The van der Waals surface area contributed by atoms with Gasteiger partial charge < -0.3 is 9.64 Å². The van der Waals surface area contributed by atoms with Crippen molar-refractivity contribution in [3.8, 4) is 11.8 Å². The Morgan fingerprint density at radius 2 is 2.17 bits per heavy atom. The number of carbonyl (C=O) groups is 1. The molecule has 0 bridgehead atoms. The number of amides is 1. The van der Waals surface area contributed by atoms with Gasteiger partial charge in [-0.05, 0) is 31.5 Å². The number of hydrogen-bond acceptors (Lipinski definition) is 3. The van der Waals surface area contributed by atoms with E-state index in [9.17, 15) is 4.79 Å². The summed E-state index contributed by atoms with van der Waals surface area (Å²) in [5, 5.41) is 8.94. The molecule has 0 heterocycles. The van der Waals surface area contributed by atoms with E-state index in [1.807, 2.05) is 30.3 Å². The van der Waals surface area contributed by atoms with Crippen molar-refractivity contribution in [3.63, 3.8) is 0 Å². The molecule has 0 unspecified atom stereocenters. The molecule has 4 heteroatoms. The molecule has 1 amide bonds. The van der Waals surface area contributed by atoms with Crippen molar-refractivity contribution < 1.29 is 9.53 Å². The van der Waals surface area contributed by atoms with Crippen LogP contribution in [0.3, 0.4) is 0 Å². The van der Waals surface area contributed by atoms with E-state index in [0.29, 0.717) is 6.54 Å². The van der Waals surface area contributed by atoms with Crippen molar-refractivity contribution in [1.29, 1.82) is 5.26 Å². The van der Waals surface area contributed by atoms with Crippen LogP contribution in [0, 0.1) is 16.7 Å². The quantitative estimate of drug-likeness (QED) is 0.818. The van der Waals surface area contributed by atoms with Crippen molar-refractivity contribution in [2.24, 2.45) is 5.41 Å². The Kier molecular flexibility index (Phi) is 4.33. The normalized spacial score (nSPS) is 10.6. The lowest BCUT2D eigenvalue weighted by Crippen LogP contribution is -2.37. The second kappa shape index (κ2) is 5.54. The Bertz CT molecular complexity index is 475. The minimum atomic E-state index is -0.992. The first-order valence-corrected chi connectivity index (χ1v) is 5.70. The number of ether oxygens (including phenoxy) is 1. The van der Waals surface area contributed by atoms with Gasteiger partial charge in [0, 0.05) is 13.6 Å². The molecule has 0 aromatic heterocycles. The zero-order chi connectivity index (χ0) is 13.8. The molecule has 0 aliphatic rings. The Balaban J connectivity index is 2.79. The summed E-state index contributed by atoms with van der Waals surface area (Å²) >= 11 is 0. The lowest BCUT2D eigenvalue weighted by atomic mass is 9.94. The summed E-state index contributed by atoms with van der Waals surface area (Å²) in [6.45, 7) is 3.70. The summed E-state index contributed by atoms with van der Waals surface area (Å²) in [7, 11) is 3.30. The van der Waals surface area contributed by atoms with Gasteiger partial charge in [0.2, 0.25) is 5.91 Å². The van der Waals surface area contributed by atoms with Gasteiger partial charge in [0.25, 0.3) is 0 Å². The highest BCUT2D eigenvalue weighted by atomic mass is 16.5. The highest BCUT2D eigenvalue weighted by Crippen LogP contribution is 2.19. The van der Waals surface area contributed by atoms with Crippen LogP contribution in [0.4, 0.5) is 0 Å². The Morgan fingerprint density at radius 3 is 2.72 bits per heavy atom. The molecule has 0 radical (unpaired) electrons. The molecule has 1 aromatic carbocycles. The van der Waals surface area contributed by atoms with Gasteiger partial charge >= 0.3 is 0 Å². The predicted octanol–water partition coefficient (Wildman–Crippen LogP) is 2.20. The van der Waals surface area contributed by atoms with Crippen LogP contribution in [0.25, 0.3) is 0 Å². The van der Waals surface area contributed by atoms with Crippen LogP contribution in [0.2, 0.25) is 0 Å². The van der Waals surface area contributed by atoms with Crippen LogP contribution in [0.1, 0.15) is 19.4 Å². The molecule has 0 saturated heterocycles. The third-order valence-corrected chi connectivity index (χ3v) is 2.71. The molecule has 0 saturated carbocycles. The fourth-order valence-corrected chi connectivity index (χ4v) is 1.64. The Hall–Kier alpha value is -2.02. The monoisotopic (exact) mass is 246 g/mol. The highest BCUT2D eigenvalue weighted by molar-refractivity contribution is 5.84. The van der Waals surface area contributed by atoms with E-state index in [1.165, 1.54) is 0 Å². The summed E-state index contributed by atoms with van der Waals surface area (Å²) in [6.07, 6.45) is 0. The SMILES string of the molecule is COc1cccc(CN(C)C(=O)C(C)(C)C#N)c1. The predicted molar refractivity (Wildman–Crippen MR) is 68.9 cm³/mol. The number of nitrogens with zero attached hydrogens (tertiary/aromatic N) is 2. The molecular weight excluding hydrogens is 228 g/mol. The van der Waals surface area contributed by atoms with Gasteiger partial charge in [-0.3, -0.25) is 4.79 Å². The molecule has 1 aromatic rings. The van der Waals surface area contributed by atoms with E-state index in [2.05, 4.69) is 0 Å². The van der Waals surface area contributed by atoms with Crippen LogP contribution in [-0.4, -0.2) is 25.0 Å². The average Bonchev–Trinajstić information content (AvgIpc) is 2.37. The van der Waals surface area contributed by atoms with Gasteiger partial charge in [0.1, 0.15) is 11.2 Å². The topological polar surface area (TPSA) is 53.3 Å². The second-order valence-corrected chi connectivity index (χ2v) is 4.75. The maximum atomic E-state index is 12.0. The summed E-state index contributed by atoms with van der Waals surface area (Å²) < 4.78 is 5.13. The molecule has 0 spiro atoms. The van der Waals surface area contributed by atoms with Crippen LogP contribution < -0.4 is 4.74 Å². The van der Waals surface area contributed by atoms with Crippen LogP contribution >= 0.6 is 0 Å². The number of nitriles is 1. The molecule has 0 fully saturated rings. The highest BCUT2D eigenvalue weighted by Gasteiger charge is 2.30. The third-order valence-electron chi connectivity index (χ3n) is 2.71. The summed E-state index contributed by atoms with van der Waals surface area (Å²) in [5.74, 6) is 0.570. The fraction of sp³-hybridized carbons (Fsp3) is 0.429. The van der Waals surface area contributed by atoms with Crippen molar-refractivity contribution >= 4 is 5.91 Å². The van der Waals surface area contributed by atoms with Crippen molar-refractivity contribution in [1.82, 2.24) is 4.90 Å². The van der Waals surface area contributed by atoms with Crippen molar-refractivity contribution in [3.05, 3.63) is 29.8 Å². The molecule has 4 nitrogen and oxygen atoms in total. The number of benzene rings is 1. The Labute approximate surface area is 108 Å². The molecule has 1 rings (SSSR count). The van der Waals surface area contributed by atoms with E-state index in [1.54, 1.807) is 32.9 Å². The third kappa shape index (κ3) is 3.24. The number of carbonyl (C=O) groups excluding carboxylic acids is 1. The van der Waals surface area contributed by atoms with E-state index >= 15 is 0 Å². The van der Waals surface area contributed by atoms with Crippen molar-refractivity contribution in [2.75, 3.05) is 14.2 Å². The van der Waals surface area contributed by atoms with Gasteiger partial charge in [-0.1, -0.05) is 12.1 Å². The molecule has 0 N–H and O–H groups in total. The zero-order valence-electron chi connectivity index (χ0n) is 11.2. The largest absolute Gasteiger partial charge is 0.497 e. The van der Waals surface area contributed by atoms with Crippen LogP contribution in [0.5, 0.6) is 5.75 Å². The zero-order valence-corrected chi connectivity index (χ0v) is 11.2. The molecule has 0 aliphatic carbocycles. The smallest absolute Gasteiger partial charge is 0.242 e. The average molecular weight is 246 g/mol. The van der Waals surface area contributed by atoms with E-state index in [4.69, 9.17) is 10.00 Å². The van der Waals surface area contributed by atoms with Gasteiger partial charge in [0.05, 0.1) is 13.2 Å². The molecule has 96 valence electrons. The maximum Gasteiger partial charge on any atom is 0.242 e. The number of rotatable bonds is 4. The molecular formula is C14H18N2O2. The molecule has 0 aliphatic heterocycles. The minimum absolute atomic E-state index is 0.187. The van der Waals surface area contributed by atoms with Gasteiger partial charge in [-0.25, -0.2) is 0 Å². The van der Waals surface area contributed by atoms with E-state index in [-0.39, 0.29) is 5.91 Å². The Morgan fingerprint density at radius 1 is 1.50 bits per heavy atom. The van der Waals surface area contributed by atoms with Crippen molar-refractivity contribution in [2.45, 2.75) is 20.4 Å². The first-order valence-electron chi connectivity index (χ1n) is 5.70. The molecule has 18 heavy (non-hydrogen) atoms. The standard InChI is InChI=1S/C14H18N2O2/c1-14(2,10-15)13(17)16(3)9-11-6-5-7-12(8-11)18-4/h5-8H,9H2,1-4H3. The summed E-state index contributed by atoms with van der Waals surface area (Å²) in [5.41, 5.74) is -0.0212. The summed E-state index contributed by atoms with van der Waals surface area (Å²) in [4.78, 5) is 13.6. The van der Waals surface area contributed by atoms with E-state index < -0.39 is 5.41 Å². The second-order valence-electron chi connectivity index (χ2n) is 4.75. The first kappa shape index (κ1) is 14.0. The first-order chi connectivity index (χ1) is 8.40. The van der Waals surface area contributed by atoms with Gasteiger partial charge in [-0.2, -0.15) is 5.26 Å². The lowest BCUT2D eigenvalue weighted by molar-refractivity contribution is -0.136. The van der Waals surface area contributed by atoms with Gasteiger partial charge in [-0.15, -0.1) is 0 Å². The fourth-order valence-electron chi connectivity index (χ4n) is 1.64. The lowest BCUT2D eigenvalue weighted by Gasteiger charge is -2.24. The van der Waals surface area contributed by atoms with Crippen LogP contribution in [0.15, 0.2) is 24.3 Å². The number of methoxy groups -OCH3 is 1. The number of hydrogen-bond donors (Lipinski definition) is 0. The van der Waals surface area contributed by atoms with Crippen LogP contribution in [-0.2, 0) is 11.3 Å². The minimum Gasteiger partial charge on any atom is -0.497 e. The summed E-state index contributed by atoms with van der Waals surface area (Å²) in [6, 6.07) is 9.54. The van der Waals surface area contributed by atoms with Gasteiger partial charge in [0.15, 0.2) is 0 Å². The molecule has 0 atom stereocenters. The van der Waals surface area contributed by atoms with E-state index in [0.717, 1.165) is 11.3 Å².